The van der Waals surface area contributed by atoms with E-state index in [-0.39, 0.29) is 6.10 Å². The lowest BCUT2D eigenvalue weighted by molar-refractivity contribution is 0.229. The van der Waals surface area contributed by atoms with E-state index < -0.39 is 0 Å². The van der Waals surface area contributed by atoms with Gasteiger partial charge in [-0.15, -0.1) is 0 Å². The van der Waals surface area contributed by atoms with Gasteiger partial charge in [-0.25, -0.2) is 4.98 Å². The van der Waals surface area contributed by atoms with Gasteiger partial charge in [-0.2, -0.15) is 5.10 Å². The Kier molecular flexibility index (Phi) is 5.33. The van der Waals surface area contributed by atoms with Crippen molar-refractivity contribution in [2.75, 3.05) is 0 Å². The zero-order valence-corrected chi connectivity index (χ0v) is 13.3. The molecule has 5 nitrogen and oxygen atoms in total. The Hall–Kier alpha value is -1.88. The van der Waals surface area contributed by atoms with Gasteiger partial charge in [0.05, 0.1) is 11.8 Å². The van der Waals surface area contributed by atoms with Crippen LogP contribution < -0.4 is 10.1 Å². The van der Waals surface area contributed by atoms with Crippen molar-refractivity contribution in [3.63, 3.8) is 0 Å². The minimum Gasteiger partial charge on any atom is -0.475 e. The van der Waals surface area contributed by atoms with Crippen LogP contribution in [-0.4, -0.2) is 20.9 Å². The maximum atomic E-state index is 5.73. The molecule has 0 aromatic carbocycles. The van der Waals surface area contributed by atoms with Gasteiger partial charge in [-0.1, -0.05) is 13.0 Å². The standard InChI is InChI=1S/C16H24N4O/c1-5-15-14(11-20(4)19-15)10-17-9-13-7-6-8-18-16(13)21-12(2)3/h6-8,11-12,17H,5,9-10H2,1-4H3. The number of nitrogens with one attached hydrogen (secondary N) is 1. The average molecular weight is 288 g/mol. The first-order valence-electron chi connectivity index (χ1n) is 7.42. The second-order valence-electron chi connectivity index (χ2n) is 5.37. The molecule has 0 saturated carbocycles. The van der Waals surface area contributed by atoms with Gasteiger partial charge in [0.1, 0.15) is 0 Å². The van der Waals surface area contributed by atoms with Crippen molar-refractivity contribution in [3.05, 3.63) is 41.3 Å². The van der Waals surface area contributed by atoms with Crippen molar-refractivity contribution in [2.45, 2.75) is 46.4 Å². The quantitative estimate of drug-likeness (QED) is 0.850. The van der Waals surface area contributed by atoms with E-state index in [9.17, 15) is 0 Å². The fourth-order valence-corrected chi connectivity index (χ4v) is 2.25. The first kappa shape index (κ1) is 15.5. The summed E-state index contributed by atoms with van der Waals surface area (Å²) in [5, 5.41) is 7.90. The van der Waals surface area contributed by atoms with Crippen LogP contribution in [0.25, 0.3) is 0 Å². The molecule has 114 valence electrons. The lowest BCUT2D eigenvalue weighted by Gasteiger charge is -2.13. The Morgan fingerprint density at radius 3 is 2.76 bits per heavy atom. The van der Waals surface area contributed by atoms with Gasteiger partial charge < -0.3 is 10.1 Å². The van der Waals surface area contributed by atoms with Crippen molar-refractivity contribution >= 4 is 0 Å². The van der Waals surface area contributed by atoms with Crippen LogP contribution in [0.4, 0.5) is 0 Å². The van der Waals surface area contributed by atoms with Gasteiger partial charge in [0.15, 0.2) is 0 Å². The number of pyridine rings is 1. The van der Waals surface area contributed by atoms with Crippen LogP contribution in [0.1, 0.15) is 37.6 Å². The normalized spacial score (nSPS) is 11.1. The number of ether oxygens (including phenoxy) is 1. The van der Waals surface area contributed by atoms with E-state index in [0.717, 1.165) is 30.8 Å². The van der Waals surface area contributed by atoms with Crippen LogP contribution >= 0.6 is 0 Å². The molecule has 0 aliphatic rings. The molecule has 0 saturated heterocycles. The van der Waals surface area contributed by atoms with Gasteiger partial charge >= 0.3 is 0 Å². The van der Waals surface area contributed by atoms with Crippen molar-refractivity contribution in [1.82, 2.24) is 20.1 Å². The Morgan fingerprint density at radius 2 is 2.05 bits per heavy atom. The SMILES string of the molecule is CCc1nn(C)cc1CNCc1cccnc1OC(C)C. The fraction of sp³-hybridized carbons (Fsp3) is 0.500. The highest BCUT2D eigenvalue weighted by molar-refractivity contribution is 5.25. The second-order valence-corrected chi connectivity index (χ2v) is 5.37. The van der Waals surface area contributed by atoms with Gasteiger partial charge in [0.25, 0.3) is 0 Å². The molecule has 2 aromatic rings. The van der Waals surface area contributed by atoms with Crippen molar-refractivity contribution in [2.24, 2.45) is 7.05 Å². The van der Waals surface area contributed by atoms with E-state index in [0.29, 0.717) is 5.88 Å². The molecular formula is C16H24N4O. The van der Waals surface area contributed by atoms with Crippen molar-refractivity contribution in [1.29, 1.82) is 0 Å². The highest BCUT2D eigenvalue weighted by atomic mass is 16.5. The summed E-state index contributed by atoms with van der Waals surface area (Å²) in [6.45, 7) is 7.67. The predicted octanol–water partition coefficient (Wildman–Crippen LogP) is 2.45. The van der Waals surface area contributed by atoms with Crippen LogP contribution in [0.15, 0.2) is 24.5 Å². The van der Waals surface area contributed by atoms with Crippen LogP contribution in [-0.2, 0) is 26.6 Å². The monoisotopic (exact) mass is 288 g/mol. The second kappa shape index (κ2) is 7.22. The molecule has 0 aliphatic heterocycles. The van der Waals surface area contributed by atoms with E-state index in [2.05, 4.69) is 28.5 Å². The molecule has 2 aromatic heterocycles. The summed E-state index contributed by atoms with van der Waals surface area (Å²) in [6.07, 6.45) is 4.91. The van der Waals surface area contributed by atoms with E-state index >= 15 is 0 Å². The van der Waals surface area contributed by atoms with Crippen LogP contribution in [0.5, 0.6) is 5.88 Å². The average Bonchev–Trinajstić information content (AvgIpc) is 2.80. The minimum atomic E-state index is 0.128. The third-order valence-electron chi connectivity index (χ3n) is 3.15. The lowest BCUT2D eigenvalue weighted by atomic mass is 10.2. The lowest BCUT2D eigenvalue weighted by Crippen LogP contribution is -2.16. The minimum absolute atomic E-state index is 0.128. The van der Waals surface area contributed by atoms with E-state index in [1.807, 2.05) is 37.7 Å². The van der Waals surface area contributed by atoms with Gasteiger partial charge in [0, 0.05) is 43.7 Å². The van der Waals surface area contributed by atoms with Crippen LogP contribution in [0, 0.1) is 0 Å². The fourth-order valence-electron chi connectivity index (χ4n) is 2.25. The molecule has 0 bridgehead atoms. The van der Waals surface area contributed by atoms with Crippen LogP contribution in [0.2, 0.25) is 0 Å². The highest BCUT2D eigenvalue weighted by Crippen LogP contribution is 2.16. The number of hydrogen-bond donors (Lipinski definition) is 1. The zero-order valence-electron chi connectivity index (χ0n) is 13.3. The Bertz CT molecular complexity index is 577. The summed E-state index contributed by atoms with van der Waals surface area (Å²) in [4.78, 5) is 4.30. The molecular weight excluding hydrogens is 264 g/mol. The molecule has 5 heteroatoms. The smallest absolute Gasteiger partial charge is 0.218 e. The molecule has 2 heterocycles. The van der Waals surface area contributed by atoms with E-state index in [1.165, 1.54) is 5.56 Å². The summed E-state index contributed by atoms with van der Waals surface area (Å²) in [6, 6.07) is 3.98. The molecule has 1 N–H and O–H groups in total. The Morgan fingerprint density at radius 1 is 1.29 bits per heavy atom. The number of aromatic nitrogens is 3. The van der Waals surface area contributed by atoms with Gasteiger partial charge in [-0.3, -0.25) is 4.68 Å². The third-order valence-corrected chi connectivity index (χ3v) is 3.15. The summed E-state index contributed by atoms with van der Waals surface area (Å²) >= 11 is 0. The molecule has 0 unspecified atom stereocenters. The first-order valence-corrected chi connectivity index (χ1v) is 7.42. The largest absolute Gasteiger partial charge is 0.475 e. The highest BCUT2D eigenvalue weighted by Gasteiger charge is 2.08. The van der Waals surface area contributed by atoms with E-state index in [1.54, 1.807) is 6.20 Å². The third kappa shape index (κ3) is 4.29. The number of rotatable bonds is 7. The molecule has 0 amide bonds. The molecule has 0 radical (unpaired) electrons. The zero-order chi connectivity index (χ0) is 15.2. The van der Waals surface area contributed by atoms with Crippen molar-refractivity contribution in [3.8, 4) is 5.88 Å². The summed E-state index contributed by atoms with van der Waals surface area (Å²) in [5.41, 5.74) is 3.47. The van der Waals surface area contributed by atoms with Gasteiger partial charge in [0.2, 0.25) is 5.88 Å². The maximum absolute atomic E-state index is 5.73. The molecule has 0 spiro atoms. The Balaban J connectivity index is 1.97. The predicted molar refractivity (Wildman–Crippen MR) is 83.1 cm³/mol. The first-order chi connectivity index (χ1) is 10.1. The summed E-state index contributed by atoms with van der Waals surface area (Å²) in [7, 11) is 1.96. The van der Waals surface area contributed by atoms with Crippen LogP contribution in [0.3, 0.4) is 0 Å². The maximum Gasteiger partial charge on any atom is 0.218 e. The van der Waals surface area contributed by atoms with E-state index in [4.69, 9.17) is 4.74 Å². The summed E-state index contributed by atoms with van der Waals surface area (Å²) in [5.74, 6) is 0.710. The molecule has 2 rings (SSSR count). The molecule has 21 heavy (non-hydrogen) atoms. The number of hydrogen-bond acceptors (Lipinski definition) is 4. The van der Waals surface area contributed by atoms with Gasteiger partial charge in [-0.05, 0) is 26.3 Å². The molecule has 0 atom stereocenters. The topological polar surface area (TPSA) is 52.0 Å². The molecule has 0 aliphatic carbocycles. The van der Waals surface area contributed by atoms with Crippen molar-refractivity contribution < 1.29 is 4.74 Å². The molecule has 0 fully saturated rings. The number of nitrogens with zero attached hydrogens (tertiary/aromatic N) is 3. The summed E-state index contributed by atoms with van der Waals surface area (Å²) < 4.78 is 7.60. The number of aryl methyl sites for hydroxylation is 2. The Labute approximate surface area is 126 Å².